The highest BCUT2D eigenvalue weighted by Crippen LogP contribution is 2.44. The van der Waals surface area contributed by atoms with Crippen LogP contribution in [0.3, 0.4) is 0 Å². The lowest BCUT2D eigenvalue weighted by atomic mass is 9.72. The molecule has 208 valence electrons. The fraction of sp³-hybridized carbons (Fsp3) is 0.517. The molecule has 9 heteroatoms. The number of methoxy groups -OCH3 is 1. The Balaban J connectivity index is 2.02. The van der Waals surface area contributed by atoms with Crippen LogP contribution in [0.25, 0.3) is 11.1 Å². The summed E-state index contributed by atoms with van der Waals surface area (Å²) in [6, 6.07) is 12.3. The first-order valence-corrected chi connectivity index (χ1v) is 13.3. The van der Waals surface area contributed by atoms with Gasteiger partial charge in [-0.2, -0.15) is 0 Å². The number of nitrogens with two attached hydrogens (primary N) is 1. The lowest BCUT2D eigenvalue weighted by Crippen LogP contribution is -2.51. The molecule has 1 aliphatic rings. The Morgan fingerprint density at radius 1 is 1.29 bits per heavy atom. The van der Waals surface area contributed by atoms with Crippen molar-refractivity contribution in [1.29, 1.82) is 0 Å². The van der Waals surface area contributed by atoms with Crippen molar-refractivity contribution in [2.24, 2.45) is 11.7 Å². The maximum Gasteiger partial charge on any atom is 0.406 e. The van der Waals surface area contributed by atoms with Crippen molar-refractivity contribution in [3.8, 4) is 11.1 Å². The Morgan fingerprint density at radius 2 is 2.05 bits per heavy atom. The molecular weight excluding hydrogens is 489 g/mol. The number of likely N-dealkylation sites (tertiary alicyclic amines) is 1. The molecule has 38 heavy (non-hydrogen) atoms. The third kappa shape index (κ3) is 6.89. The highest BCUT2D eigenvalue weighted by molar-refractivity contribution is 5.80. The van der Waals surface area contributed by atoms with E-state index in [4.69, 9.17) is 5.73 Å². The second-order valence-corrected chi connectivity index (χ2v) is 9.88. The van der Waals surface area contributed by atoms with Crippen molar-refractivity contribution in [3.05, 3.63) is 59.4 Å². The number of ether oxygens (including phenoxy) is 1. The Hall–Kier alpha value is -3.01. The number of halogens is 1. The molecule has 2 aromatic carbocycles. The molecule has 0 saturated carbocycles. The van der Waals surface area contributed by atoms with Gasteiger partial charge in [-0.1, -0.05) is 43.3 Å². The van der Waals surface area contributed by atoms with Gasteiger partial charge in [0.25, 0.3) is 5.91 Å². The molecule has 2 aromatic rings. The van der Waals surface area contributed by atoms with Crippen LogP contribution in [0.1, 0.15) is 50.2 Å². The van der Waals surface area contributed by atoms with Gasteiger partial charge >= 0.3 is 6.09 Å². The van der Waals surface area contributed by atoms with E-state index < -0.39 is 35.4 Å². The van der Waals surface area contributed by atoms with E-state index in [0.29, 0.717) is 42.5 Å². The fourth-order valence-electron chi connectivity index (χ4n) is 5.36. The van der Waals surface area contributed by atoms with Gasteiger partial charge in [0.15, 0.2) is 0 Å². The predicted molar refractivity (Wildman–Crippen MR) is 144 cm³/mol. The normalized spacial score (nSPS) is 17.9. The number of carbonyl (C=O) groups excluding carboxylic acids is 2. The molecule has 0 aliphatic carbocycles. The molecule has 0 radical (unpaired) electrons. The lowest BCUT2D eigenvalue weighted by Gasteiger charge is -2.44. The van der Waals surface area contributed by atoms with Gasteiger partial charge in [0.05, 0.1) is 12.7 Å². The van der Waals surface area contributed by atoms with E-state index in [1.807, 2.05) is 31.2 Å². The first-order chi connectivity index (χ1) is 18.2. The van der Waals surface area contributed by atoms with Crippen LogP contribution in [0, 0.1) is 11.7 Å². The number of piperidine rings is 1. The number of benzene rings is 2. The van der Waals surface area contributed by atoms with Gasteiger partial charge in [-0.15, -0.1) is 0 Å². The van der Waals surface area contributed by atoms with Crippen molar-refractivity contribution in [2.45, 2.75) is 57.2 Å². The number of alkyl carbamates (subject to hydrolysis) is 1. The first-order valence-electron chi connectivity index (χ1n) is 13.3. The van der Waals surface area contributed by atoms with Crippen LogP contribution in [0.15, 0.2) is 42.5 Å². The topological polar surface area (TPSA) is 125 Å². The molecule has 0 aromatic heterocycles. The van der Waals surface area contributed by atoms with E-state index in [-0.39, 0.29) is 32.5 Å². The number of rotatable bonds is 11. The first kappa shape index (κ1) is 29.5. The minimum atomic E-state index is -1.50. The summed E-state index contributed by atoms with van der Waals surface area (Å²) >= 11 is 0. The number of carbonyl (C=O) groups is 2. The third-order valence-corrected chi connectivity index (χ3v) is 7.43. The smallest absolute Gasteiger partial charge is 0.406 e. The monoisotopic (exact) mass is 529 g/mol. The summed E-state index contributed by atoms with van der Waals surface area (Å²) in [5, 5.41) is 25.3. The number of hydrogen-bond donors (Lipinski definition) is 4. The van der Waals surface area contributed by atoms with E-state index in [0.717, 1.165) is 12.0 Å². The van der Waals surface area contributed by atoms with Crippen LogP contribution in [-0.4, -0.2) is 66.5 Å². The van der Waals surface area contributed by atoms with Crippen molar-refractivity contribution in [3.63, 3.8) is 0 Å². The molecule has 1 heterocycles. The van der Waals surface area contributed by atoms with Gasteiger partial charge in [0.2, 0.25) is 0 Å². The Labute approximate surface area is 224 Å². The average molecular weight is 530 g/mol. The summed E-state index contributed by atoms with van der Waals surface area (Å²) in [7, 11) is 1.28. The zero-order valence-corrected chi connectivity index (χ0v) is 22.3. The summed E-state index contributed by atoms with van der Waals surface area (Å²) in [4.78, 5) is 26.0. The van der Waals surface area contributed by atoms with Crippen LogP contribution in [0.4, 0.5) is 9.18 Å². The zero-order valence-electron chi connectivity index (χ0n) is 22.3. The summed E-state index contributed by atoms with van der Waals surface area (Å²) in [6.45, 7) is 3.15. The summed E-state index contributed by atoms with van der Waals surface area (Å²) in [6.07, 6.45) is 1.04. The molecule has 3 rings (SSSR count). The molecule has 5 N–H and O–H groups in total. The minimum absolute atomic E-state index is 0.158. The van der Waals surface area contributed by atoms with E-state index in [1.54, 1.807) is 17.0 Å². The Morgan fingerprint density at radius 3 is 2.76 bits per heavy atom. The lowest BCUT2D eigenvalue weighted by molar-refractivity contribution is -0.145. The Bertz CT molecular complexity index is 1100. The molecule has 0 bridgehead atoms. The maximum atomic E-state index is 15.5. The molecule has 8 nitrogen and oxygen atoms in total. The molecule has 3 atom stereocenters. The number of aliphatic hydroxyl groups excluding tert-OH is 1. The van der Waals surface area contributed by atoms with Crippen LogP contribution < -0.4 is 11.1 Å². The molecule has 1 aliphatic heterocycles. The van der Waals surface area contributed by atoms with Crippen molar-refractivity contribution >= 4 is 12.0 Å². The maximum absolute atomic E-state index is 15.5. The second kappa shape index (κ2) is 13.7. The minimum Gasteiger partial charge on any atom is -0.453 e. The van der Waals surface area contributed by atoms with E-state index >= 15 is 4.39 Å². The van der Waals surface area contributed by atoms with Gasteiger partial charge in [0, 0.05) is 31.1 Å². The van der Waals surface area contributed by atoms with Gasteiger partial charge in [-0.05, 0) is 67.8 Å². The standard InChI is InChI=1S/C29H40FN3O5/c1-3-20-8-4-9-21(18-20)26-23(11-5-12-24(26)30)29(37,14-7-16-32-28(36)38-2)22-10-6-17-33(19-22)27(35)25(34)13-15-31/h4-5,8-9,11-12,18,22,25,34,37H,3,6-7,10,13-17,19,31H2,1-2H3,(H,32,36)/t22-,25+,29?/m1/s1. The van der Waals surface area contributed by atoms with Crippen LogP contribution >= 0.6 is 0 Å². The average Bonchev–Trinajstić information content (AvgIpc) is 2.94. The van der Waals surface area contributed by atoms with Crippen molar-refractivity contribution in [2.75, 3.05) is 33.3 Å². The predicted octanol–water partition coefficient (Wildman–Crippen LogP) is 3.33. The molecule has 1 unspecified atom stereocenters. The highest BCUT2D eigenvalue weighted by Gasteiger charge is 2.43. The summed E-state index contributed by atoms with van der Waals surface area (Å²) < 4.78 is 20.2. The van der Waals surface area contributed by atoms with E-state index in [9.17, 15) is 19.8 Å². The molecular formula is C29H40FN3O5. The zero-order chi connectivity index (χ0) is 27.7. The highest BCUT2D eigenvalue weighted by atomic mass is 19.1. The quantitative estimate of drug-likeness (QED) is 0.331. The fourth-order valence-corrected chi connectivity index (χ4v) is 5.36. The van der Waals surface area contributed by atoms with Gasteiger partial charge in [-0.3, -0.25) is 4.79 Å². The molecule has 2 amide bonds. The molecule has 1 saturated heterocycles. The SMILES string of the molecule is CCc1cccc(-c2c(F)cccc2C(O)(CCCNC(=O)OC)[C@@H]2CCCN(C(=O)[C@@H](O)CCN)C2)c1. The van der Waals surface area contributed by atoms with E-state index in [1.165, 1.54) is 13.2 Å². The number of nitrogens with one attached hydrogen (secondary N) is 1. The van der Waals surface area contributed by atoms with Gasteiger partial charge in [-0.25, -0.2) is 9.18 Å². The third-order valence-electron chi connectivity index (χ3n) is 7.43. The van der Waals surface area contributed by atoms with Crippen molar-refractivity contribution < 1.29 is 28.9 Å². The van der Waals surface area contributed by atoms with Gasteiger partial charge in [0.1, 0.15) is 11.9 Å². The number of aliphatic hydroxyl groups is 2. The van der Waals surface area contributed by atoms with Gasteiger partial charge < -0.3 is 30.9 Å². The van der Waals surface area contributed by atoms with Crippen LogP contribution in [0.5, 0.6) is 0 Å². The van der Waals surface area contributed by atoms with Crippen LogP contribution in [-0.2, 0) is 21.6 Å². The summed E-state index contributed by atoms with van der Waals surface area (Å²) in [5.41, 5.74) is 6.53. The summed E-state index contributed by atoms with van der Waals surface area (Å²) in [5.74, 6) is -1.27. The van der Waals surface area contributed by atoms with Crippen LogP contribution in [0.2, 0.25) is 0 Å². The molecule has 1 fully saturated rings. The number of hydrogen-bond acceptors (Lipinski definition) is 6. The second-order valence-electron chi connectivity index (χ2n) is 9.88. The number of amides is 2. The van der Waals surface area contributed by atoms with E-state index in [2.05, 4.69) is 10.1 Å². The molecule has 0 spiro atoms. The largest absolute Gasteiger partial charge is 0.453 e. The number of aryl methyl sites for hydroxylation is 1. The Kier molecular flexibility index (Phi) is 10.6. The number of nitrogens with zero attached hydrogens (tertiary/aromatic N) is 1. The van der Waals surface area contributed by atoms with Crippen molar-refractivity contribution in [1.82, 2.24) is 10.2 Å².